The highest BCUT2D eigenvalue weighted by atomic mass is 16.1. The summed E-state index contributed by atoms with van der Waals surface area (Å²) in [6.45, 7) is 5.35. The minimum absolute atomic E-state index is 0.248. The number of carbonyl (C=O) groups excluding carboxylic acids is 1. The Morgan fingerprint density at radius 2 is 2.00 bits per heavy atom. The lowest BCUT2D eigenvalue weighted by Gasteiger charge is -2.26. The molecule has 0 saturated carbocycles. The monoisotopic (exact) mass is 271 g/mol. The molecule has 1 saturated heterocycles. The van der Waals surface area contributed by atoms with Crippen molar-refractivity contribution in [2.24, 2.45) is 0 Å². The van der Waals surface area contributed by atoms with Crippen LogP contribution < -0.4 is 5.32 Å². The van der Waals surface area contributed by atoms with Crippen LogP contribution in [0.15, 0.2) is 30.5 Å². The van der Waals surface area contributed by atoms with Gasteiger partial charge in [-0.2, -0.15) is 0 Å². The van der Waals surface area contributed by atoms with E-state index in [0.29, 0.717) is 6.42 Å². The molecule has 0 aliphatic carbocycles. The largest absolute Gasteiger partial charge is 0.360 e. The van der Waals surface area contributed by atoms with E-state index in [-0.39, 0.29) is 5.78 Å². The number of ketones is 1. The number of Topliss-reactive ketones (excluding diaryl/α,β-unsaturated/α-hetero) is 1. The third kappa shape index (κ3) is 2.92. The summed E-state index contributed by atoms with van der Waals surface area (Å²) < 4.78 is 0. The molecule has 4 heteroatoms. The van der Waals surface area contributed by atoms with Gasteiger partial charge < -0.3 is 15.2 Å². The van der Waals surface area contributed by atoms with E-state index in [0.717, 1.165) is 55.6 Å². The summed E-state index contributed by atoms with van der Waals surface area (Å²) >= 11 is 0. The number of nitrogens with one attached hydrogen (secondary N) is 2. The van der Waals surface area contributed by atoms with Gasteiger partial charge in [0.25, 0.3) is 0 Å². The Morgan fingerprint density at radius 3 is 2.85 bits per heavy atom. The van der Waals surface area contributed by atoms with Crippen molar-refractivity contribution in [3.05, 3.63) is 36.0 Å². The topological polar surface area (TPSA) is 48.1 Å². The fourth-order valence-electron chi connectivity index (χ4n) is 2.83. The molecule has 20 heavy (non-hydrogen) atoms. The lowest BCUT2D eigenvalue weighted by Crippen LogP contribution is -2.43. The van der Waals surface area contributed by atoms with Crippen LogP contribution in [0.4, 0.5) is 0 Å². The lowest BCUT2D eigenvalue weighted by molar-refractivity contribution is 0.0975. The van der Waals surface area contributed by atoms with Crippen LogP contribution in [0.25, 0.3) is 10.9 Å². The van der Waals surface area contributed by atoms with Crippen LogP contribution >= 0.6 is 0 Å². The molecule has 1 aromatic heterocycles. The van der Waals surface area contributed by atoms with Gasteiger partial charge in [0.05, 0.1) is 0 Å². The number of carbonyl (C=O) groups is 1. The quantitative estimate of drug-likeness (QED) is 0.818. The fourth-order valence-corrected chi connectivity index (χ4v) is 2.83. The number of benzene rings is 1. The Hall–Kier alpha value is -1.65. The van der Waals surface area contributed by atoms with Crippen molar-refractivity contribution in [1.82, 2.24) is 15.2 Å². The smallest absolute Gasteiger partial charge is 0.165 e. The average Bonchev–Trinajstić information content (AvgIpc) is 2.92. The highest BCUT2D eigenvalue weighted by Gasteiger charge is 2.13. The molecule has 1 aliphatic rings. The van der Waals surface area contributed by atoms with Crippen molar-refractivity contribution in [3.8, 4) is 0 Å². The number of para-hydroxylation sites is 1. The van der Waals surface area contributed by atoms with Crippen molar-refractivity contribution in [1.29, 1.82) is 0 Å². The average molecular weight is 271 g/mol. The first-order chi connectivity index (χ1) is 9.84. The van der Waals surface area contributed by atoms with Gasteiger partial charge >= 0.3 is 0 Å². The number of nitrogens with zero attached hydrogens (tertiary/aromatic N) is 1. The molecule has 2 N–H and O–H groups in total. The number of aromatic amines is 1. The van der Waals surface area contributed by atoms with Crippen molar-refractivity contribution >= 4 is 16.7 Å². The maximum Gasteiger partial charge on any atom is 0.165 e. The molecule has 0 atom stereocenters. The summed E-state index contributed by atoms with van der Waals surface area (Å²) in [6, 6.07) is 7.98. The minimum atomic E-state index is 0.248. The molecule has 0 unspecified atom stereocenters. The standard InChI is InChI=1S/C16H21N3O/c20-16(6-3-9-19-10-7-17-8-11-19)14-12-18-15-5-2-1-4-13(14)15/h1-2,4-5,12,17-18H,3,6-11H2. The fraction of sp³-hybridized carbons (Fsp3) is 0.438. The number of fused-ring (bicyclic) bond motifs is 1. The molecule has 0 radical (unpaired) electrons. The predicted octanol–water partition coefficient (Wildman–Crippen LogP) is 2.04. The van der Waals surface area contributed by atoms with E-state index in [2.05, 4.69) is 15.2 Å². The Balaban J connectivity index is 1.56. The van der Waals surface area contributed by atoms with Gasteiger partial charge in [0.1, 0.15) is 0 Å². The van der Waals surface area contributed by atoms with Crippen molar-refractivity contribution in [2.45, 2.75) is 12.8 Å². The van der Waals surface area contributed by atoms with Crippen LogP contribution in [0.1, 0.15) is 23.2 Å². The minimum Gasteiger partial charge on any atom is -0.360 e. The molecule has 2 heterocycles. The molecule has 3 rings (SSSR count). The molecule has 2 aromatic rings. The van der Waals surface area contributed by atoms with Crippen LogP contribution in [0, 0.1) is 0 Å². The molecule has 1 aliphatic heterocycles. The number of piperazine rings is 1. The zero-order valence-electron chi connectivity index (χ0n) is 11.7. The summed E-state index contributed by atoms with van der Waals surface area (Å²) in [4.78, 5) is 17.9. The van der Waals surface area contributed by atoms with Crippen LogP contribution in [0.3, 0.4) is 0 Å². The van der Waals surface area contributed by atoms with Crippen molar-refractivity contribution in [2.75, 3.05) is 32.7 Å². The van der Waals surface area contributed by atoms with Gasteiger partial charge in [-0.05, 0) is 19.0 Å². The molecule has 0 spiro atoms. The van der Waals surface area contributed by atoms with Gasteiger partial charge in [0.2, 0.25) is 0 Å². The van der Waals surface area contributed by atoms with Gasteiger partial charge in [-0.1, -0.05) is 18.2 Å². The van der Waals surface area contributed by atoms with E-state index >= 15 is 0 Å². The normalized spacial score (nSPS) is 16.6. The second-order valence-electron chi connectivity index (χ2n) is 5.37. The maximum absolute atomic E-state index is 12.3. The maximum atomic E-state index is 12.3. The first kappa shape index (κ1) is 13.3. The Labute approximate surface area is 119 Å². The van der Waals surface area contributed by atoms with Gasteiger partial charge in [0.15, 0.2) is 5.78 Å². The molecule has 106 valence electrons. The van der Waals surface area contributed by atoms with E-state index < -0.39 is 0 Å². The second-order valence-corrected chi connectivity index (χ2v) is 5.37. The number of rotatable bonds is 5. The van der Waals surface area contributed by atoms with Crippen LogP contribution in [-0.4, -0.2) is 48.4 Å². The molecule has 1 aromatic carbocycles. The first-order valence-corrected chi connectivity index (χ1v) is 7.37. The van der Waals surface area contributed by atoms with E-state index in [1.165, 1.54) is 0 Å². The van der Waals surface area contributed by atoms with E-state index in [1.807, 2.05) is 30.5 Å². The summed E-state index contributed by atoms with van der Waals surface area (Å²) in [5.41, 5.74) is 1.87. The third-order valence-electron chi connectivity index (χ3n) is 3.98. The highest BCUT2D eigenvalue weighted by Crippen LogP contribution is 2.19. The molecule has 0 bridgehead atoms. The summed E-state index contributed by atoms with van der Waals surface area (Å²) in [6.07, 6.45) is 3.42. The lowest BCUT2D eigenvalue weighted by atomic mass is 10.1. The zero-order chi connectivity index (χ0) is 13.8. The van der Waals surface area contributed by atoms with E-state index in [9.17, 15) is 4.79 Å². The summed E-state index contributed by atoms with van der Waals surface area (Å²) in [5.74, 6) is 0.248. The number of hydrogen-bond donors (Lipinski definition) is 2. The van der Waals surface area contributed by atoms with E-state index in [4.69, 9.17) is 0 Å². The summed E-state index contributed by atoms with van der Waals surface area (Å²) in [5, 5.41) is 4.39. The zero-order valence-corrected chi connectivity index (χ0v) is 11.7. The van der Waals surface area contributed by atoms with Gasteiger partial charge in [-0.25, -0.2) is 0 Å². The number of aromatic nitrogens is 1. The highest BCUT2D eigenvalue weighted by molar-refractivity contribution is 6.07. The Bertz CT molecular complexity index is 584. The molecule has 4 nitrogen and oxygen atoms in total. The van der Waals surface area contributed by atoms with Crippen molar-refractivity contribution in [3.63, 3.8) is 0 Å². The van der Waals surface area contributed by atoms with Crippen LogP contribution in [0.5, 0.6) is 0 Å². The molecular formula is C16H21N3O. The molecule has 0 amide bonds. The molecule has 1 fully saturated rings. The SMILES string of the molecule is O=C(CCCN1CCNCC1)c1c[nH]c2ccccc12. The van der Waals surface area contributed by atoms with E-state index in [1.54, 1.807) is 0 Å². The number of H-pyrrole nitrogens is 1. The van der Waals surface area contributed by atoms with Crippen molar-refractivity contribution < 1.29 is 4.79 Å². The Morgan fingerprint density at radius 1 is 1.20 bits per heavy atom. The third-order valence-corrected chi connectivity index (χ3v) is 3.98. The first-order valence-electron chi connectivity index (χ1n) is 7.37. The second kappa shape index (κ2) is 6.20. The number of hydrogen-bond acceptors (Lipinski definition) is 3. The van der Waals surface area contributed by atoms with Gasteiger partial charge in [0, 0.05) is 55.3 Å². The van der Waals surface area contributed by atoms with Crippen LogP contribution in [-0.2, 0) is 0 Å². The van der Waals surface area contributed by atoms with Gasteiger partial charge in [-0.3, -0.25) is 4.79 Å². The van der Waals surface area contributed by atoms with Gasteiger partial charge in [-0.15, -0.1) is 0 Å². The van der Waals surface area contributed by atoms with Crippen LogP contribution in [0.2, 0.25) is 0 Å². The molecular weight excluding hydrogens is 250 g/mol. The Kier molecular flexibility index (Phi) is 4.14. The summed E-state index contributed by atoms with van der Waals surface area (Å²) in [7, 11) is 0. The predicted molar refractivity (Wildman–Crippen MR) is 81.2 cm³/mol.